The zero-order valence-electron chi connectivity index (χ0n) is 15.9. The first kappa shape index (κ1) is 17.8. The number of rotatable bonds is 2. The molecule has 25 heavy (non-hydrogen) atoms. The Hall–Kier alpha value is -1.98. The van der Waals surface area contributed by atoms with E-state index in [4.69, 9.17) is 4.42 Å². The number of nitrogens with zero attached hydrogens (tertiary/aromatic N) is 3. The number of hydrogen-bond acceptors (Lipinski definition) is 3. The molecule has 6 heteroatoms. The molecule has 0 radical (unpaired) electrons. The Morgan fingerprint density at radius 1 is 1.20 bits per heavy atom. The Bertz CT molecular complexity index is 665. The number of urea groups is 1. The molecule has 4 heterocycles. The lowest BCUT2D eigenvalue weighted by molar-refractivity contribution is 0.0584. The van der Waals surface area contributed by atoms with E-state index in [9.17, 15) is 9.59 Å². The maximum Gasteiger partial charge on any atom is 0.319 e. The molecule has 1 aromatic rings. The van der Waals surface area contributed by atoms with E-state index in [-0.39, 0.29) is 23.9 Å². The molecule has 4 rings (SSSR count). The van der Waals surface area contributed by atoms with Crippen molar-refractivity contribution in [3.05, 3.63) is 23.2 Å². The van der Waals surface area contributed by atoms with Crippen molar-refractivity contribution >= 4 is 11.9 Å². The second kappa shape index (κ2) is 6.73. The van der Waals surface area contributed by atoms with Crippen LogP contribution in [0.15, 0.2) is 10.5 Å². The molecule has 0 unspecified atom stereocenters. The molecular weight excluding hydrogens is 318 g/mol. The van der Waals surface area contributed by atoms with E-state index < -0.39 is 0 Å². The fraction of sp³-hybridized carbons (Fsp3) is 0.684. The summed E-state index contributed by atoms with van der Waals surface area (Å²) in [6.07, 6.45) is 2.04. The SMILES string of the molecule is Cc1oc(C(C)C)cc1C(=O)N1C[C@H]2CC[C@@H]1CN(C(=O)N(C)C)C2. The zero-order valence-corrected chi connectivity index (χ0v) is 15.9. The maximum absolute atomic E-state index is 13.2. The lowest BCUT2D eigenvalue weighted by Gasteiger charge is -2.36. The first-order valence-electron chi connectivity index (χ1n) is 9.15. The van der Waals surface area contributed by atoms with E-state index in [0.29, 0.717) is 23.8 Å². The molecule has 138 valence electrons. The van der Waals surface area contributed by atoms with Crippen LogP contribution in [-0.4, -0.2) is 66.4 Å². The number of carbonyl (C=O) groups is 2. The second-order valence-corrected chi connectivity index (χ2v) is 7.91. The molecular formula is C19H29N3O3. The van der Waals surface area contributed by atoms with Gasteiger partial charge in [0.1, 0.15) is 11.5 Å². The Labute approximate surface area is 149 Å². The minimum atomic E-state index is 0.0350. The molecule has 3 saturated heterocycles. The average molecular weight is 347 g/mol. The molecule has 6 nitrogen and oxygen atoms in total. The van der Waals surface area contributed by atoms with Crippen LogP contribution in [-0.2, 0) is 0 Å². The fourth-order valence-corrected chi connectivity index (χ4v) is 3.93. The smallest absolute Gasteiger partial charge is 0.319 e. The third-order valence-corrected chi connectivity index (χ3v) is 5.36. The van der Waals surface area contributed by atoms with E-state index in [1.807, 2.05) is 22.8 Å². The van der Waals surface area contributed by atoms with Crippen molar-refractivity contribution < 1.29 is 14.0 Å². The van der Waals surface area contributed by atoms with Crippen molar-refractivity contribution in [3.63, 3.8) is 0 Å². The minimum absolute atomic E-state index is 0.0350. The molecule has 3 fully saturated rings. The number of amides is 3. The van der Waals surface area contributed by atoms with Gasteiger partial charge in [-0.2, -0.15) is 0 Å². The Kier molecular flexibility index (Phi) is 4.80. The van der Waals surface area contributed by atoms with Gasteiger partial charge in [0.05, 0.1) is 5.56 Å². The molecule has 3 aliphatic heterocycles. The van der Waals surface area contributed by atoms with E-state index in [2.05, 4.69) is 13.8 Å². The Morgan fingerprint density at radius 2 is 1.92 bits per heavy atom. The van der Waals surface area contributed by atoms with Crippen LogP contribution in [0.2, 0.25) is 0 Å². The van der Waals surface area contributed by atoms with Crippen LogP contribution in [0, 0.1) is 12.8 Å². The van der Waals surface area contributed by atoms with Crippen LogP contribution in [0.25, 0.3) is 0 Å². The van der Waals surface area contributed by atoms with Crippen molar-refractivity contribution in [1.82, 2.24) is 14.7 Å². The average Bonchev–Trinajstić information content (AvgIpc) is 2.75. The van der Waals surface area contributed by atoms with Gasteiger partial charge >= 0.3 is 6.03 Å². The minimum Gasteiger partial charge on any atom is -0.465 e. The predicted molar refractivity (Wildman–Crippen MR) is 95.7 cm³/mol. The van der Waals surface area contributed by atoms with Gasteiger partial charge in [0.15, 0.2) is 0 Å². The lowest BCUT2D eigenvalue weighted by Crippen LogP contribution is -2.48. The van der Waals surface area contributed by atoms with Gasteiger partial charge < -0.3 is 19.1 Å². The van der Waals surface area contributed by atoms with Crippen LogP contribution < -0.4 is 0 Å². The van der Waals surface area contributed by atoms with Gasteiger partial charge in [-0.05, 0) is 31.7 Å². The molecule has 1 aromatic heterocycles. The highest BCUT2D eigenvalue weighted by Crippen LogP contribution is 2.31. The van der Waals surface area contributed by atoms with Gasteiger partial charge in [-0.25, -0.2) is 4.79 Å². The molecule has 3 aliphatic rings. The zero-order chi connectivity index (χ0) is 18.3. The Morgan fingerprint density at radius 3 is 2.52 bits per heavy atom. The highest BCUT2D eigenvalue weighted by Gasteiger charge is 2.39. The van der Waals surface area contributed by atoms with Crippen molar-refractivity contribution in [2.45, 2.75) is 45.6 Å². The number of furan rings is 1. The second-order valence-electron chi connectivity index (χ2n) is 7.91. The molecule has 0 aromatic carbocycles. The summed E-state index contributed by atoms with van der Waals surface area (Å²) in [7, 11) is 3.56. The van der Waals surface area contributed by atoms with Gasteiger partial charge in [0.2, 0.25) is 0 Å². The quantitative estimate of drug-likeness (QED) is 0.826. The molecule has 0 aliphatic carbocycles. The van der Waals surface area contributed by atoms with Gasteiger partial charge in [-0.3, -0.25) is 4.79 Å². The van der Waals surface area contributed by atoms with Crippen LogP contribution in [0.3, 0.4) is 0 Å². The van der Waals surface area contributed by atoms with Gasteiger partial charge in [0.25, 0.3) is 5.91 Å². The molecule has 0 saturated carbocycles. The van der Waals surface area contributed by atoms with E-state index in [0.717, 1.165) is 31.7 Å². The number of piperidine rings is 1. The predicted octanol–water partition coefficient (Wildman–Crippen LogP) is 2.93. The molecule has 2 atom stereocenters. The van der Waals surface area contributed by atoms with Crippen molar-refractivity contribution in [3.8, 4) is 0 Å². The summed E-state index contributed by atoms with van der Waals surface area (Å²) in [5, 5.41) is 0. The normalized spacial score (nSPS) is 23.1. The van der Waals surface area contributed by atoms with Gasteiger partial charge in [-0.15, -0.1) is 0 Å². The molecule has 0 spiro atoms. The summed E-state index contributed by atoms with van der Waals surface area (Å²) in [4.78, 5) is 31.0. The van der Waals surface area contributed by atoms with Crippen molar-refractivity contribution in [1.29, 1.82) is 0 Å². The number of aryl methyl sites for hydroxylation is 1. The highest BCUT2D eigenvalue weighted by atomic mass is 16.3. The lowest BCUT2D eigenvalue weighted by atomic mass is 9.94. The standard InChI is InChI=1S/C19H29N3O3/c1-12(2)17-8-16(13(3)25-17)18(23)22-10-14-6-7-15(22)11-21(9-14)19(24)20(4)5/h8,12,14-15H,6-7,9-11H2,1-5H3/t14-,15+/m0/s1. The summed E-state index contributed by atoms with van der Waals surface area (Å²) in [5.41, 5.74) is 0.668. The van der Waals surface area contributed by atoms with Crippen molar-refractivity contribution in [2.24, 2.45) is 5.92 Å². The monoisotopic (exact) mass is 347 g/mol. The fourth-order valence-electron chi connectivity index (χ4n) is 3.93. The van der Waals surface area contributed by atoms with Gasteiger partial charge in [-0.1, -0.05) is 13.8 Å². The number of hydrogen-bond donors (Lipinski definition) is 0. The van der Waals surface area contributed by atoms with E-state index in [1.165, 1.54) is 0 Å². The third-order valence-electron chi connectivity index (χ3n) is 5.36. The highest BCUT2D eigenvalue weighted by molar-refractivity contribution is 5.95. The summed E-state index contributed by atoms with van der Waals surface area (Å²) in [5.74, 6) is 2.19. The first-order chi connectivity index (χ1) is 11.8. The molecule has 3 amide bonds. The summed E-state index contributed by atoms with van der Waals surface area (Å²) < 4.78 is 5.77. The maximum atomic E-state index is 13.2. The van der Waals surface area contributed by atoms with Gasteiger partial charge in [0, 0.05) is 45.7 Å². The largest absolute Gasteiger partial charge is 0.465 e. The van der Waals surface area contributed by atoms with Crippen molar-refractivity contribution in [2.75, 3.05) is 33.7 Å². The first-order valence-corrected chi connectivity index (χ1v) is 9.15. The van der Waals surface area contributed by atoms with Crippen LogP contribution >= 0.6 is 0 Å². The number of fused-ring (bicyclic) bond motifs is 4. The van der Waals surface area contributed by atoms with Crippen LogP contribution in [0.1, 0.15) is 54.5 Å². The number of carbonyl (C=O) groups excluding carboxylic acids is 2. The molecule has 0 N–H and O–H groups in total. The Balaban J connectivity index is 1.82. The van der Waals surface area contributed by atoms with Crippen LogP contribution in [0.5, 0.6) is 0 Å². The summed E-state index contributed by atoms with van der Waals surface area (Å²) in [6, 6.07) is 2.02. The third kappa shape index (κ3) is 3.39. The topological polar surface area (TPSA) is 57.0 Å². The van der Waals surface area contributed by atoms with Crippen LogP contribution in [0.4, 0.5) is 4.79 Å². The summed E-state index contributed by atoms with van der Waals surface area (Å²) >= 11 is 0. The summed E-state index contributed by atoms with van der Waals surface area (Å²) in [6.45, 7) is 8.06. The van der Waals surface area contributed by atoms with E-state index >= 15 is 0 Å². The molecule has 2 bridgehead atoms. The van der Waals surface area contributed by atoms with E-state index in [1.54, 1.807) is 19.0 Å².